The van der Waals surface area contributed by atoms with Crippen LogP contribution >= 0.6 is 0 Å². The van der Waals surface area contributed by atoms with Crippen molar-refractivity contribution in [1.29, 1.82) is 0 Å². The second-order valence-electron chi connectivity index (χ2n) is 7.08. The van der Waals surface area contributed by atoms with Crippen LogP contribution in [0, 0.1) is 0 Å². The SMILES string of the molecule is COc1ccccc1C(=O)Nc1ccc2c(c1)nc(C[NH+]1CCCC1)n2C. The molecule has 140 valence electrons. The number of nitrogens with zero attached hydrogens (tertiary/aromatic N) is 2. The second kappa shape index (κ2) is 7.40. The molecule has 0 atom stereocenters. The maximum Gasteiger partial charge on any atom is 0.259 e. The van der Waals surface area contributed by atoms with E-state index >= 15 is 0 Å². The van der Waals surface area contributed by atoms with Crippen molar-refractivity contribution in [3.05, 3.63) is 53.9 Å². The number of hydrogen-bond donors (Lipinski definition) is 2. The van der Waals surface area contributed by atoms with Gasteiger partial charge in [-0.25, -0.2) is 4.98 Å². The third-order valence-corrected chi connectivity index (χ3v) is 5.30. The topological polar surface area (TPSA) is 60.6 Å². The molecule has 0 unspecified atom stereocenters. The Morgan fingerprint density at radius 3 is 2.78 bits per heavy atom. The number of likely N-dealkylation sites (tertiary alicyclic amines) is 1. The maximum absolute atomic E-state index is 12.6. The minimum absolute atomic E-state index is 0.190. The Morgan fingerprint density at radius 1 is 1.22 bits per heavy atom. The van der Waals surface area contributed by atoms with Gasteiger partial charge in [-0.1, -0.05) is 12.1 Å². The minimum atomic E-state index is -0.190. The monoisotopic (exact) mass is 365 g/mol. The maximum atomic E-state index is 12.6. The van der Waals surface area contributed by atoms with Crippen LogP contribution in [0.15, 0.2) is 42.5 Å². The van der Waals surface area contributed by atoms with E-state index in [1.165, 1.54) is 25.9 Å². The Bertz CT molecular complexity index is 973. The lowest BCUT2D eigenvalue weighted by molar-refractivity contribution is -0.902. The lowest BCUT2D eigenvalue weighted by Gasteiger charge is -2.11. The predicted molar refractivity (Wildman–Crippen MR) is 105 cm³/mol. The fourth-order valence-electron chi connectivity index (χ4n) is 3.79. The molecular formula is C21H25N4O2+. The van der Waals surface area contributed by atoms with Crippen molar-refractivity contribution >= 4 is 22.6 Å². The number of rotatable bonds is 5. The molecular weight excluding hydrogens is 340 g/mol. The third-order valence-electron chi connectivity index (χ3n) is 5.30. The van der Waals surface area contributed by atoms with Crippen LogP contribution < -0.4 is 15.0 Å². The molecule has 1 amide bonds. The van der Waals surface area contributed by atoms with E-state index in [4.69, 9.17) is 9.72 Å². The van der Waals surface area contributed by atoms with Crippen molar-refractivity contribution in [3.63, 3.8) is 0 Å². The first-order chi connectivity index (χ1) is 13.2. The second-order valence-corrected chi connectivity index (χ2v) is 7.08. The summed E-state index contributed by atoms with van der Waals surface area (Å²) in [6.07, 6.45) is 2.61. The van der Waals surface area contributed by atoms with Gasteiger partial charge in [-0.15, -0.1) is 0 Å². The van der Waals surface area contributed by atoms with Crippen LogP contribution in [0.4, 0.5) is 5.69 Å². The zero-order valence-corrected chi connectivity index (χ0v) is 15.8. The molecule has 0 radical (unpaired) electrons. The van der Waals surface area contributed by atoms with Gasteiger partial charge in [0.15, 0.2) is 5.82 Å². The van der Waals surface area contributed by atoms with Crippen LogP contribution in [-0.2, 0) is 13.6 Å². The van der Waals surface area contributed by atoms with Crippen LogP contribution in [0.25, 0.3) is 11.0 Å². The molecule has 3 aromatic rings. The highest BCUT2D eigenvalue weighted by atomic mass is 16.5. The third kappa shape index (κ3) is 3.53. The van der Waals surface area contributed by atoms with Crippen LogP contribution in [0.3, 0.4) is 0 Å². The largest absolute Gasteiger partial charge is 0.496 e. The first-order valence-corrected chi connectivity index (χ1v) is 9.39. The molecule has 1 saturated heterocycles. The lowest BCUT2D eigenvalue weighted by Crippen LogP contribution is -3.08. The van der Waals surface area contributed by atoms with Gasteiger partial charge in [0.2, 0.25) is 0 Å². The van der Waals surface area contributed by atoms with Crippen LogP contribution in [0.5, 0.6) is 5.75 Å². The van der Waals surface area contributed by atoms with E-state index in [1.54, 1.807) is 24.1 Å². The first kappa shape index (κ1) is 17.5. The normalized spacial score (nSPS) is 14.6. The highest BCUT2D eigenvalue weighted by molar-refractivity contribution is 6.06. The smallest absolute Gasteiger partial charge is 0.259 e. The van der Waals surface area contributed by atoms with Crippen molar-refractivity contribution < 1.29 is 14.4 Å². The molecule has 0 spiro atoms. The van der Waals surface area contributed by atoms with E-state index in [2.05, 4.69) is 16.9 Å². The highest BCUT2D eigenvalue weighted by Crippen LogP contribution is 2.22. The number of methoxy groups -OCH3 is 1. The van der Waals surface area contributed by atoms with Crippen LogP contribution in [0.2, 0.25) is 0 Å². The number of fused-ring (bicyclic) bond motifs is 1. The summed E-state index contributed by atoms with van der Waals surface area (Å²) in [5, 5.41) is 2.95. The number of amides is 1. The zero-order valence-electron chi connectivity index (χ0n) is 15.8. The Hall–Kier alpha value is -2.86. The fourth-order valence-corrected chi connectivity index (χ4v) is 3.79. The molecule has 2 aromatic carbocycles. The number of imidazole rings is 1. The summed E-state index contributed by atoms with van der Waals surface area (Å²) in [7, 11) is 3.63. The van der Waals surface area contributed by atoms with E-state index in [1.807, 2.05) is 30.3 Å². The summed E-state index contributed by atoms with van der Waals surface area (Å²) < 4.78 is 7.44. The molecule has 4 rings (SSSR count). The summed E-state index contributed by atoms with van der Waals surface area (Å²) >= 11 is 0. The predicted octanol–water partition coefficient (Wildman–Crippen LogP) is 2.01. The fraction of sp³-hybridized carbons (Fsp3) is 0.333. The number of carbonyl (C=O) groups is 1. The number of benzene rings is 2. The standard InChI is InChI=1S/C21H24N4O2/c1-24-18-10-9-15(22-21(26)16-7-3-4-8-19(16)27-2)13-17(18)23-20(24)14-25-11-5-6-12-25/h3-4,7-10,13H,5-6,11-12,14H2,1-2H3,(H,22,26)/p+1. The molecule has 6 heteroatoms. The van der Waals surface area contributed by atoms with Crippen molar-refractivity contribution in [3.8, 4) is 5.75 Å². The molecule has 0 aliphatic carbocycles. The molecule has 1 aromatic heterocycles. The average Bonchev–Trinajstić information content (AvgIpc) is 3.30. The number of hydrogen-bond acceptors (Lipinski definition) is 3. The van der Waals surface area contributed by atoms with Gasteiger partial charge in [0.1, 0.15) is 12.3 Å². The molecule has 6 nitrogen and oxygen atoms in total. The number of ether oxygens (including phenoxy) is 1. The van der Waals surface area contributed by atoms with Gasteiger partial charge in [-0.2, -0.15) is 0 Å². The van der Waals surface area contributed by atoms with Crippen LogP contribution in [0.1, 0.15) is 29.0 Å². The Labute approximate surface area is 158 Å². The van der Waals surface area contributed by atoms with Gasteiger partial charge >= 0.3 is 0 Å². The number of aryl methyl sites for hydroxylation is 1. The van der Waals surface area contributed by atoms with Gasteiger partial charge in [0, 0.05) is 25.6 Å². The van der Waals surface area contributed by atoms with E-state index < -0.39 is 0 Å². The molecule has 0 bridgehead atoms. The number of anilines is 1. The summed E-state index contributed by atoms with van der Waals surface area (Å²) in [5.41, 5.74) is 3.24. The zero-order chi connectivity index (χ0) is 18.8. The first-order valence-electron chi connectivity index (χ1n) is 9.39. The summed E-state index contributed by atoms with van der Waals surface area (Å²) in [4.78, 5) is 19.0. The number of carbonyl (C=O) groups excluding carboxylic acids is 1. The lowest BCUT2D eigenvalue weighted by atomic mass is 10.2. The van der Waals surface area contributed by atoms with E-state index in [0.29, 0.717) is 11.3 Å². The van der Waals surface area contributed by atoms with E-state index in [9.17, 15) is 4.79 Å². The Balaban J connectivity index is 1.57. The number of para-hydroxylation sites is 1. The summed E-state index contributed by atoms with van der Waals surface area (Å²) in [6.45, 7) is 3.40. The highest BCUT2D eigenvalue weighted by Gasteiger charge is 2.19. The summed E-state index contributed by atoms with van der Waals surface area (Å²) in [5.74, 6) is 1.46. The van der Waals surface area contributed by atoms with Crippen molar-refractivity contribution in [2.75, 3.05) is 25.5 Å². The van der Waals surface area contributed by atoms with E-state index in [-0.39, 0.29) is 5.91 Å². The van der Waals surface area contributed by atoms with Gasteiger partial charge < -0.3 is 19.5 Å². The van der Waals surface area contributed by atoms with Gasteiger partial charge in [-0.05, 0) is 30.3 Å². The Morgan fingerprint density at radius 2 is 2.00 bits per heavy atom. The van der Waals surface area contributed by atoms with Crippen molar-refractivity contribution in [2.45, 2.75) is 19.4 Å². The Kier molecular flexibility index (Phi) is 4.81. The molecule has 1 aliphatic rings. The van der Waals surface area contributed by atoms with Gasteiger partial charge in [0.05, 0.1) is 36.8 Å². The van der Waals surface area contributed by atoms with Gasteiger partial charge in [0.25, 0.3) is 5.91 Å². The number of nitrogens with one attached hydrogen (secondary N) is 2. The number of aromatic nitrogens is 2. The summed E-state index contributed by atoms with van der Waals surface area (Å²) in [6, 6.07) is 13.1. The average molecular weight is 365 g/mol. The number of quaternary nitrogens is 1. The molecule has 0 saturated carbocycles. The molecule has 2 heterocycles. The van der Waals surface area contributed by atoms with Crippen molar-refractivity contribution in [2.24, 2.45) is 7.05 Å². The molecule has 27 heavy (non-hydrogen) atoms. The molecule has 2 N–H and O–H groups in total. The van der Waals surface area contributed by atoms with Crippen LogP contribution in [-0.4, -0.2) is 35.7 Å². The van der Waals surface area contributed by atoms with Crippen molar-refractivity contribution in [1.82, 2.24) is 9.55 Å². The van der Waals surface area contributed by atoms with Gasteiger partial charge in [-0.3, -0.25) is 4.79 Å². The van der Waals surface area contributed by atoms with E-state index in [0.717, 1.165) is 29.1 Å². The minimum Gasteiger partial charge on any atom is -0.496 e. The molecule has 1 aliphatic heterocycles. The quantitative estimate of drug-likeness (QED) is 0.727. The molecule has 1 fully saturated rings.